The molecule has 1 unspecified atom stereocenters. The highest BCUT2D eigenvalue weighted by molar-refractivity contribution is 9.10. The lowest BCUT2D eigenvalue weighted by Gasteiger charge is -2.20. The number of rotatable bonds is 3. The highest BCUT2D eigenvalue weighted by Gasteiger charge is 2.19. The zero-order chi connectivity index (χ0) is 13.8. The molecule has 0 radical (unpaired) electrons. The van der Waals surface area contributed by atoms with Crippen LogP contribution in [0.5, 0.6) is 0 Å². The van der Waals surface area contributed by atoms with Crippen LogP contribution in [0.25, 0.3) is 0 Å². The summed E-state index contributed by atoms with van der Waals surface area (Å²) in [5.41, 5.74) is 4.21. The first kappa shape index (κ1) is 15.6. The SMILES string of the molecule is Cc1cc(C(Br)CC2CCCCCC2)c(C)cc1Br. The summed E-state index contributed by atoms with van der Waals surface area (Å²) in [5.74, 6) is 0.912. The number of aryl methyl sites for hydroxylation is 2. The topological polar surface area (TPSA) is 0 Å². The minimum Gasteiger partial charge on any atom is -0.0839 e. The molecule has 1 aromatic carbocycles. The number of hydrogen-bond acceptors (Lipinski definition) is 0. The van der Waals surface area contributed by atoms with Crippen LogP contribution in [0.3, 0.4) is 0 Å². The molecule has 0 aromatic heterocycles. The van der Waals surface area contributed by atoms with E-state index in [4.69, 9.17) is 0 Å². The van der Waals surface area contributed by atoms with Crippen molar-refractivity contribution in [2.75, 3.05) is 0 Å². The van der Waals surface area contributed by atoms with E-state index in [1.54, 1.807) is 0 Å². The Bertz CT molecular complexity index is 418. The molecule has 0 amide bonds. The summed E-state index contributed by atoms with van der Waals surface area (Å²) in [6.07, 6.45) is 9.90. The van der Waals surface area contributed by atoms with E-state index in [0.717, 1.165) is 5.92 Å². The normalized spacial score (nSPS) is 19.2. The second-order valence-electron chi connectivity index (χ2n) is 6.02. The maximum Gasteiger partial charge on any atom is 0.0400 e. The summed E-state index contributed by atoms with van der Waals surface area (Å²) in [5, 5.41) is 0. The summed E-state index contributed by atoms with van der Waals surface area (Å²) in [6.45, 7) is 4.40. The molecule has 0 nitrogen and oxygen atoms in total. The molecule has 1 atom stereocenters. The van der Waals surface area contributed by atoms with Gasteiger partial charge in [0.1, 0.15) is 0 Å². The van der Waals surface area contributed by atoms with Crippen molar-refractivity contribution in [1.82, 2.24) is 0 Å². The van der Waals surface area contributed by atoms with Crippen LogP contribution >= 0.6 is 31.9 Å². The van der Waals surface area contributed by atoms with Crippen molar-refractivity contribution in [2.45, 2.75) is 63.6 Å². The van der Waals surface area contributed by atoms with Gasteiger partial charge in [0.05, 0.1) is 0 Å². The van der Waals surface area contributed by atoms with E-state index in [9.17, 15) is 0 Å². The highest BCUT2D eigenvalue weighted by Crippen LogP contribution is 2.38. The lowest BCUT2D eigenvalue weighted by Crippen LogP contribution is -2.04. The summed E-state index contributed by atoms with van der Waals surface area (Å²) in [4.78, 5) is 0.516. The van der Waals surface area contributed by atoms with E-state index in [-0.39, 0.29) is 0 Å². The van der Waals surface area contributed by atoms with E-state index in [2.05, 4.69) is 57.8 Å². The maximum absolute atomic E-state index is 3.94. The average Bonchev–Trinajstić information content (AvgIpc) is 2.62. The van der Waals surface area contributed by atoms with Crippen molar-refractivity contribution in [3.63, 3.8) is 0 Å². The molecule has 0 aliphatic heterocycles. The summed E-state index contributed by atoms with van der Waals surface area (Å²) >= 11 is 7.56. The fraction of sp³-hybridized carbons (Fsp3) is 0.647. The van der Waals surface area contributed by atoms with E-state index in [1.165, 1.54) is 66.1 Å². The molecule has 2 rings (SSSR count). The van der Waals surface area contributed by atoms with Gasteiger partial charge in [-0.05, 0) is 48.9 Å². The Morgan fingerprint density at radius 3 is 2.32 bits per heavy atom. The Morgan fingerprint density at radius 2 is 1.68 bits per heavy atom. The molecule has 1 aliphatic carbocycles. The lowest BCUT2D eigenvalue weighted by atomic mass is 9.91. The van der Waals surface area contributed by atoms with Crippen LogP contribution in [0.15, 0.2) is 16.6 Å². The van der Waals surface area contributed by atoms with E-state index in [1.807, 2.05) is 0 Å². The first-order valence-electron chi connectivity index (χ1n) is 7.48. The van der Waals surface area contributed by atoms with Crippen LogP contribution in [0, 0.1) is 19.8 Å². The minimum absolute atomic E-state index is 0.516. The Morgan fingerprint density at radius 1 is 1.05 bits per heavy atom. The van der Waals surface area contributed by atoms with Gasteiger partial charge in [-0.15, -0.1) is 0 Å². The molecule has 1 fully saturated rings. The molecule has 2 heteroatoms. The fourth-order valence-corrected chi connectivity index (χ4v) is 4.64. The van der Waals surface area contributed by atoms with Gasteiger partial charge >= 0.3 is 0 Å². The largest absolute Gasteiger partial charge is 0.0839 e. The van der Waals surface area contributed by atoms with Gasteiger partial charge in [-0.2, -0.15) is 0 Å². The van der Waals surface area contributed by atoms with Crippen molar-refractivity contribution in [3.8, 4) is 0 Å². The minimum atomic E-state index is 0.516. The van der Waals surface area contributed by atoms with E-state index >= 15 is 0 Å². The highest BCUT2D eigenvalue weighted by atomic mass is 79.9. The molecule has 0 N–H and O–H groups in total. The Hall–Kier alpha value is 0.180. The zero-order valence-corrected chi connectivity index (χ0v) is 15.2. The Balaban J connectivity index is 2.06. The predicted molar refractivity (Wildman–Crippen MR) is 91.1 cm³/mol. The van der Waals surface area contributed by atoms with E-state index in [0.29, 0.717) is 4.83 Å². The first-order valence-corrected chi connectivity index (χ1v) is 9.19. The van der Waals surface area contributed by atoms with Crippen molar-refractivity contribution in [3.05, 3.63) is 33.3 Å². The van der Waals surface area contributed by atoms with Gasteiger partial charge in [-0.1, -0.05) is 76.5 Å². The van der Waals surface area contributed by atoms with Gasteiger partial charge in [0.25, 0.3) is 0 Å². The molecule has 1 saturated carbocycles. The predicted octanol–water partition coefficient (Wildman–Crippen LogP) is 6.86. The number of alkyl halides is 1. The standard InChI is InChI=1S/C17H24Br2/c1-12-10-16(18)13(2)9-15(12)17(19)11-14-7-5-3-4-6-8-14/h9-10,14,17H,3-8,11H2,1-2H3. The summed E-state index contributed by atoms with van der Waals surface area (Å²) in [7, 11) is 0. The second kappa shape index (κ2) is 7.26. The third kappa shape index (κ3) is 4.32. The van der Waals surface area contributed by atoms with Gasteiger partial charge in [-0.3, -0.25) is 0 Å². The third-order valence-electron chi connectivity index (χ3n) is 4.40. The monoisotopic (exact) mass is 386 g/mol. The van der Waals surface area contributed by atoms with Gasteiger partial charge in [-0.25, -0.2) is 0 Å². The van der Waals surface area contributed by atoms with E-state index < -0.39 is 0 Å². The smallest absolute Gasteiger partial charge is 0.0400 e. The molecular formula is C17H24Br2. The van der Waals surface area contributed by atoms with Gasteiger partial charge in [0.15, 0.2) is 0 Å². The molecule has 19 heavy (non-hydrogen) atoms. The number of halogens is 2. The molecule has 1 aliphatic rings. The van der Waals surface area contributed by atoms with Crippen LogP contribution in [-0.2, 0) is 0 Å². The van der Waals surface area contributed by atoms with Gasteiger partial charge in [0.2, 0.25) is 0 Å². The average molecular weight is 388 g/mol. The molecule has 106 valence electrons. The zero-order valence-electron chi connectivity index (χ0n) is 12.0. The third-order valence-corrected chi connectivity index (χ3v) is 6.12. The van der Waals surface area contributed by atoms with Gasteiger partial charge in [0, 0.05) is 9.30 Å². The van der Waals surface area contributed by atoms with Crippen molar-refractivity contribution in [2.24, 2.45) is 5.92 Å². The first-order chi connectivity index (χ1) is 9.08. The van der Waals surface area contributed by atoms with Crippen LogP contribution in [-0.4, -0.2) is 0 Å². The summed E-state index contributed by atoms with van der Waals surface area (Å²) in [6, 6.07) is 4.60. The second-order valence-corrected chi connectivity index (χ2v) is 7.98. The van der Waals surface area contributed by atoms with Crippen molar-refractivity contribution < 1.29 is 0 Å². The molecule has 1 aromatic rings. The maximum atomic E-state index is 3.94. The number of hydrogen-bond donors (Lipinski definition) is 0. The fourth-order valence-electron chi connectivity index (χ4n) is 3.16. The van der Waals surface area contributed by atoms with Crippen LogP contribution in [0.2, 0.25) is 0 Å². The molecule has 0 heterocycles. The summed E-state index contributed by atoms with van der Waals surface area (Å²) < 4.78 is 1.22. The van der Waals surface area contributed by atoms with Crippen LogP contribution < -0.4 is 0 Å². The van der Waals surface area contributed by atoms with Crippen molar-refractivity contribution >= 4 is 31.9 Å². The van der Waals surface area contributed by atoms with Crippen LogP contribution in [0.4, 0.5) is 0 Å². The Kier molecular flexibility index (Phi) is 5.95. The molecule has 0 saturated heterocycles. The molecule has 0 bridgehead atoms. The quantitative estimate of drug-likeness (QED) is 0.392. The molecular weight excluding hydrogens is 364 g/mol. The number of benzene rings is 1. The van der Waals surface area contributed by atoms with Gasteiger partial charge < -0.3 is 0 Å². The Labute approximate surface area is 134 Å². The lowest BCUT2D eigenvalue weighted by molar-refractivity contribution is 0.427. The van der Waals surface area contributed by atoms with Crippen LogP contribution in [0.1, 0.15) is 66.5 Å². The molecule has 0 spiro atoms. The van der Waals surface area contributed by atoms with Crippen molar-refractivity contribution in [1.29, 1.82) is 0 Å².